The van der Waals surface area contributed by atoms with Crippen LogP contribution in [-0.2, 0) is 0 Å². The molecule has 0 unspecified atom stereocenters. The molecule has 1 heterocycles. The van der Waals surface area contributed by atoms with Crippen molar-refractivity contribution in [3.05, 3.63) is 28.5 Å². The van der Waals surface area contributed by atoms with Gasteiger partial charge in [0.2, 0.25) is 0 Å². The number of aldehydes is 2. The third kappa shape index (κ3) is 4.69. The second-order valence-electron chi connectivity index (χ2n) is 2.37. The predicted octanol–water partition coefficient (Wildman–Crippen LogP) is 1.20. The summed E-state index contributed by atoms with van der Waals surface area (Å²) in [4.78, 5) is 24.0. The van der Waals surface area contributed by atoms with Crippen molar-refractivity contribution in [3.63, 3.8) is 0 Å². The van der Waals surface area contributed by atoms with E-state index in [1.54, 1.807) is 0 Å². The number of hydrogen-bond donors (Lipinski definition) is 1. The highest BCUT2D eigenvalue weighted by Crippen LogP contribution is 2.09. The zero-order valence-electron chi connectivity index (χ0n) is 7.95. The molecule has 0 aliphatic rings. The van der Waals surface area contributed by atoms with E-state index in [-0.39, 0.29) is 11.4 Å². The van der Waals surface area contributed by atoms with Gasteiger partial charge in [0.05, 0.1) is 0 Å². The number of nitrogens with zero attached hydrogens (tertiary/aromatic N) is 1. The summed E-state index contributed by atoms with van der Waals surface area (Å²) in [5, 5.41) is 3.09. The number of hydrogen-bond acceptors (Lipinski definition) is 4. The first-order chi connectivity index (χ1) is 6.67. The zero-order chi connectivity index (χ0) is 11.0. The van der Waals surface area contributed by atoms with Crippen LogP contribution in [0.3, 0.4) is 0 Å². The summed E-state index contributed by atoms with van der Waals surface area (Å²) >= 11 is 5.55. The molecule has 1 rings (SSSR count). The van der Waals surface area contributed by atoms with Crippen LogP contribution in [0.2, 0.25) is 5.02 Å². The quantitative estimate of drug-likeness (QED) is 0.752. The van der Waals surface area contributed by atoms with Crippen LogP contribution in [-0.4, -0.2) is 31.7 Å². The molecule has 14 heavy (non-hydrogen) atoms. The first-order valence-electron chi connectivity index (χ1n) is 3.84. The molecule has 76 valence electrons. The molecule has 4 nitrogen and oxygen atoms in total. The zero-order valence-corrected chi connectivity index (χ0v) is 8.71. The number of halogens is 1. The third-order valence-corrected chi connectivity index (χ3v) is 1.29. The minimum Gasteiger partial charge on any atom is -0.323 e. The van der Waals surface area contributed by atoms with E-state index in [2.05, 4.69) is 10.3 Å². The van der Waals surface area contributed by atoms with Gasteiger partial charge >= 0.3 is 0 Å². The van der Waals surface area contributed by atoms with E-state index >= 15 is 0 Å². The van der Waals surface area contributed by atoms with Crippen LogP contribution >= 0.6 is 11.6 Å². The fourth-order valence-electron chi connectivity index (χ4n) is 0.659. The molecular formula is C9H11ClN2O2. The summed E-state index contributed by atoms with van der Waals surface area (Å²) < 4.78 is 0. The molecule has 1 aromatic rings. The van der Waals surface area contributed by atoms with Crippen molar-refractivity contribution in [2.24, 2.45) is 0 Å². The van der Waals surface area contributed by atoms with Gasteiger partial charge in [-0.05, 0) is 26.2 Å². The van der Waals surface area contributed by atoms with Gasteiger partial charge in [-0.15, -0.1) is 0 Å². The molecule has 0 amide bonds. The standard InChI is InChI=1S/C7H4ClNO2.C2H7N/c8-5-1-6(3-10)9-7(2-5)4-11;1-3-2/h1-4H;3H,1-2H3. The maximum Gasteiger partial charge on any atom is 0.168 e. The fourth-order valence-corrected chi connectivity index (χ4v) is 0.882. The van der Waals surface area contributed by atoms with Gasteiger partial charge in [-0.1, -0.05) is 11.6 Å². The molecule has 0 fully saturated rings. The summed E-state index contributed by atoms with van der Waals surface area (Å²) in [6.07, 6.45) is 1.08. The predicted molar refractivity (Wildman–Crippen MR) is 55.0 cm³/mol. The maximum absolute atomic E-state index is 10.2. The molecule has 0 aliphatic heterocycles. The van der Waals surface area contributed by atoms with Gasteiger partial charge < -0.3 is 5.32 Å². The molecule has 1 aromatic heterocycles. The second-order valence-corrected chi connectivity index (χ2v) is 2.81. The number of pyridine rings is 1. The average molecular weight is 215 g/mol. The summed E-state index contributed by atoms with van der Waals surface area (Å²) in [6.45, 7) is 0. The van der Waals surface area contributed by atoms with Gasteiger partial charge in [0.1, 0.15) is 11.4 Å². The van der Waals surface area contributed by atoms with E-state index in [4.69, 9.17) is 11.6 Å². The Morgan fingerprint density at radius 1 is 1.21 bits per heavy atom. The van der Waals surface area contributed by atoms with Gasteiger partial charge in [0.15, 0.2) is 12.6 Å². The summed E-state index contributed by atoms with van der Waals surface area (Å²) in [5.74, 6) is 0. The molecule has 0 spiro atoms. The third-order valence-electron chi connectivity index (χ3n) is 1.07. The van der Waals surface area contributed by atoms with Crippen molar-refractivity contribution >= 4 is 24.2 Å². The smallest absolute Gasteiger partial charge is 0.168 e. The van der Waals surface area contributed by atoms with Crippen molar-refractivity contribution < 1.29 is 9.59 Å². The molecule has 0 saturated heterocycles. The van der Waals surface area contributed by atoms with Crippen molar-refractivity contribution in [1.29, 1.82) is 0 Å². The van der Waals surface area contributed by atoms with E-state index in [1.807, 2.05) is 14.1 Å². The molecule has 0 atom stereocenters. The lowest BCUT2D eigenvalue weighted by atomic mass is 10.3. The second kappa shape index (κ2) is 7.17. The van der Waals surface area contributed by atoms with Gasteiger partial charge in [0, 0.05) is 5.02 Å². The van der Waals surface area contributed by atoms with Crippen LogP contribution in [0.25, 0.3) is 0 Å². The Morgan fingerprint density at radius 3 is 1.86 bits per heavy atom. The van der Waals surface area contributed by atoms with Gasteiger partial charge in [-0.3, -0.25) is 9.59 Å². The van der Waals surface area contributed by atoms with Crippen LogP contribution in [0, 0.1) is 0 Å². The van der Waals surface area contributed by atoms with Crippen LogP contribution in [0.1, 0.15) is 21.0 Å². The Kier molecular flexibility index (Phi) is 6.53. The molecule has 0 saturated carbocycles. The lowest BCUT2D eigenvalue weighted by Crippen LogP contribution is -1.92. The van der Waals surface area contributed by atoms with Crippen LogP contribution in [0.15, 0.2) is 12.1 Å². The van der Waals surface area contributed by atoms with Gasteiger partial charge in [0.25, 0.3) is 0 Å². The molecule has 0 radical (unpaired) electrons. The summed E-state index contributed by atoms with van der Waals surface area (Å²) in [6, 6.07) is 2.78. The van der Waals surface area contributed by atoms with Crippen molar-refractivity contribution in [2.45, 2.75) is 0 Å². The monoisotopic (exact) mass is 214 g/mol. The van der Waals surface area contributed by atoms with Crippen LogP contribution in [0.4, 0.5) is 0 Å². The van der Waals surface area contributed by atoms with E-state index in [0.29, 0.717) is 17.6 Å². The minimum absolute atomic E-state index is 0.166. The van der Waals surface area contributed by atoms with Crippen molar-refractivity contribution in [2.75, 3.05) is 14.1 Å². The highest BCUT2D eigenvalue weighted by Gasteiger charge is 1.98. The topological polar surface area (TPSA) is 59.1 Å². The Balaban J connectivity index is 0.000000500. The Bertz CT molecular complexity index is 289. The molecule has 0 aromatic carbocycles. The molecule has 0 aliphatic carbocycles. The van der Waals surface area contributed by atoms with E-state index in [1.165, 1.54) is 12.1 Å². The average Bonchev–Trinajstić information content (AvgIpc) is 2.18. The number of nitrogens with one attached hydrogen (secondary N) is 1. The Hall–Kier alpha value is -1.26. The van der Waals surface area contributed by atoms with E-state index in [0.717, 1.165) is 0 Å². The fraction of sp³-hybridized carbons (Fsp3) is 0.222. The highest BCUT2D eigenvalue weighted by atomic mass is 35.5. The largest absolute Gasteiger partial charge is 0.323 e. The SMILES string of the molecule is CNC.O=Cc1cc(Cl)cc(C=O)n1. The van der Waals surface area contributed by atoms with E-state index < -0.39 is 0 Å². The van der Waals surface area contributed by atoms with E-state index in [9.17, 15) is 9.59 Å². The maximum atomic E-state index is 10.2. The number of aromatic nitrogens is 1. The van der Waals surface area contributed by atoms with Crippen molar-refractivity contribution in [1.82, 2.24) is 10.3 Å². The van der Waals surface area contributed by atoms with Gasteiger partial charge in [-0.25, -0.2) is 4.98 Å². The number of rotatable bonds is 2. The first-order valence-corrected chi connectivity index (χ1v) is 4.22. The highest BCUT2D eigenvalue weighted by molar-refractivity contribution is 6.31. The lowest BCUT2D eigenvalue weighted by molar-refractivity contribution is 0.111. The number of carbonyl (C=O) groups is 2. The lowest BCUT2D eigenvalue weighted by Gasteiger charge is -1.93. The van der Waals surface area contributed by atoms with Gasteiger partial charge in [-0.2, -0.15) is 0 Å². The summed E-state index contributed by atoms with van der Waals surface area (Å²) in [5.41, 5.74) is 0.333. The first kappa shape index (κ1) is 12.7. The number of carbonyl (C=O) groups excluding carboxylic acids is 2. The summed E-state index contributed by atoms with van der Waals surface area (Å²) in [7, 11) is 3.75. The Labute approximate surface area is 87.3 Å². The van der Waals surface area contributed by atoms with Crippen LogP contribution in [0.5, 0.6) is 0 Å². The molecule has 5 heteroatoms. The molecular weight excluding hydrogens is 204 g/mol. The van der Waals surface area contributed by atoms with Crippen molar-refractivity contribution in [3.8, 4) is 0 Å². The normalized spacial score (nSPS) is 8.50. The van der Waals surface area contributed by atoms with Crippen LogP contribution < -0.4 is 5.32 Å². The Morgan fingerprint density at radius 2 is 1.57 bits per heavy atom. The molecule has 1 N–H and O–H groups in total. The molecule has 0 bridgehead atoms. The minimum atomic E-state index is 0.166.